The number of para-hydroxylation sites is 2. The first-order chi connectivity index (χ1) is 13.5. The van der Waals surface area contributed by atoms with Crippen LogP contribution in [0, 0.1) is 6.92 Å². The molecule has 3 N–H and O–H groups in total. The molecule has 6 nitrogen and oxygen atoms in total. The maximum atomic E-state index is 13.2. The quantitative estimate of drug-likeness (QED) is 0.672. The van der Waals surface area contributed by atoms with Crippen LogP contribution in [0.4, 0.5) is 5.69 Å². The Kier molecular flexibility index (Phi) is 5.84. The van der Waals surface area contributed by atoms with E-state index in [-0.39, 0.29) is 5.91 Å². The molecule has 0 saturated carbocycles. The number of ether oxygens (including phenoxy) is 2. The fraction of sp³-hybridized carbons (Fsp3) is 0.238. The highest BCUT2D eigenvalue weighted by Gasteiger charge is 2.32. The zero-order chi connectivity index (χ0) is 20.3. The van der Waals surface area contributed by atoms with Crippen molar-refractivity contribution in [3.05, 3.63) is 64.9 Å². The van der Waals surface area contributed by atoms with Gasteiger partial charge in [-0.25, -0.2) is 0 Å². The molecule has 2 aromatic carbocycles. The second-order valence-electron chi connectivity index (χ2n) is 6.42. The Balaban J connectivity index is 2.05. The second-order valence-corrected chi connectivity index (χ2v) is 6.83. The molecule has 1 aliphatic rings. The predicted octanol–water partition coefficient (Wildman–Crippen LogP) is 3.44. The van der Waals surface area contributed by atoms with Gasteiger partial charge in [-0.2, -0.15) is 0 Å². The molecule has 0 aliphatic carbocycles. The number of amides is 1. The topological polar surface area (TPSA) is 71.6 Å². The van der Waals surface area contributed by atoms with Gasteiger partial charge in [0.25, 0.3) is 5.91 Å². The van der Waals surface area contributed by atoms with Gasteiger partial charge in [-0.1, -0.05) is 30.3 Å². The minimum atomic E-state index is -0.484. The number of aryl methyl sites for hydroxylation is 1. The van der Waals surface area contributed by atoms with Gasteiger partial charge in [0.05, 0.1) is 25.8 Å². The summed E-state index contributed by atoms with van der Waals surface area (Å²) in [6.07, 6.45) is 0. The largest absolute Gasteiger partial charge is 0.493 e. The van der Waals surface area contributed by atoms with E-state index in [4.69, 9.17) is 21.7 Å². The van der Waals surface area contributed by atoms with Crippen LogP contribution in [0.15, 0.2) is 53.7 Å². The maximum Gasteiger partial charge on any atom is 0.255 e. The molecular formula is C21H23N3O3S. The van der Waals surface area contributed by atoms with Crippen molar-refractivity contribution in [2.24, 2.45) is 0 Å². The molecule has 146 valence electrons. The van der Waals surface area contributed by atoms with E-state index in [0.717, 1.165) is 16.8 Å². The molecule has 7 heteroatoms. The first-order valence-corrected chi connectivity index (χ1v) is 9.23. The smallest absolute Gasteiger partial charge is 0.255 e. The molecule has 1 aliphatic heterocycles. The number of carbonyl (C=O) groups excluding carboxylic acids is 1. The molecule has 0 spiro atoms. The third-order valence-electron chi connectivity index (χ3n) is 4.65. The summed E-state index contributed by atoms with van der Waals surface area (Å²) in [6, 6.07) is 12.7. The third-order valence-corrected chi connectivity index (χ3v) is 4.87. The molecule has 0 fully saturated rings. The first kappa shape index (κ1) is 19.7. The zero-order valence-corrected chi connectivity index (χ0v) is 17.1. The highest BCUT2D eigenvalue weighted by molar-refractivity contribution is 7.80. The van der Waals surface area contributed by atoms with E-state index in [1.165, 1.54) is 0 Å². The Labute approximate surface area is 169 Å². The Morgan fingerprint density at radius 1 is 1.07 bits per heavy atom. The van der Waals surface area contributed by atoms with Gasteiger partial charge in [0.1, 0.15) is 0 Å². The molecule has 0 bridgehead atoms. The van der Waals surface area contributed by atoms with Crippen LogP contribution >= 0.6 is 12.2 Å². The molecule has 0 saturated heterocycles. The van der Waals surface area contributed by atoms with Crippen LogP contribution in [0.1, 0.15) is 24.1 Å². The number of rotatable bonds is 5. The van der Waals surface area contributed by atoms with Gasteiger partial charge in [-0.05, 0) is 43.8 Å². The number of hydrogen-bond donors (Lipinski definition) is 3. The predicted molar refractivity (Wildman–Crippen MR) is 114 cm³/mol. The van der Waals surface area contributed by atoms with E-state index in [0.29, 0.717) is 27.9 Å². The standard InChI is InChI=1S/C21H23N3O3S/c1-12-8-5-6-10-15(12)23-20(25)17-13(2)22-21(28)24-18(17)14-9-7-11-16(26-3)19(14)27-4/h5-11,18H,1-4H3,(H,23,25)(H2,22,24,28)/t18-/m1/s1. The summed E-state index contributed by atoms with van der Waals surface area (Å²) in [4.78, 5) is 13.2. The number of anilines is 1. The number of allylic oxidation sites excluding steroid dienone is 1. The van der Waals surface area contributed by atoms with Gasteiger partial charge in [0, 0.05) is 16.9 Å². The number of hydrogen-bond acceptors (Lipinski definition) is 4. The Bertz CT molecular complexity index is 956. The average molecular weight is 398 g/mol. The van der Waals surface area contributed by atoms with E-state index < -0.39 is 6.04 Å². The summed E-state index contributed by atoms with van der Waals surface area (Å²) in [5.74, 6) is 0.924. The van der Waals surface area contributed by atoms with Crippen molar-refractivity contribution in [2.45, 2.75) is 19.9 Å². The van der Waals surface area contributed by atoms with E-state index in [1.54, 1.807) is 14.2 Å². The van der Waals surface area contributed by atoms with Gasteiger partial charge in [-0.15, -0.1) is 0 Å². The van der Waals surface area contributed by atoms with E-state index in [1.807, 2.05) is 56.3 Å². The fourth-order valence-electron chi connectivity index (χ4n) is 3.27. The van der Waals surface area contributed by atoms with Crippen LogP contribution in [0.25, 0.3) is 0 Å². The van der Waals surface area contributed by atoms with Crippen molar-refractivity contribution in [1.29, 1.82) is 0 Å². The normalized spacial score (nSPS) is 16.1. The second kappa shape index (κ2) is 8.31. The van der Waals surface area contributed by atoms with E-state index in [9.17, 15) is 4.79 Å². The monoisotopic (exact) mass is 397 g/mol. The van der Waals surface area contributed by atoms with Crippen molar-refractivity contribution >= 4 is 28.9 Å². The average Bonchev–Trinajstić information content (AvgIpc) is 2.68. The molecule has 1 heterocycles. The highest BCUT2D eigenvalue weighted by Crippen LogP contribution is 2.39. The summed E-state index contributed by atoms with van der Waals surface area (Å²) in [6.45, 7) is 3.78. The van der Waals surface area contributed by atoms with Gasteiger partial charge in [0.2, 0.25) is 0 Å². The number of thiocarbonyl (C=S) groups is 1. The number of methoxy groups -OCH3 is 2. The highest BCUT2D eigenvalue weighted by atomic mass is 32.1. The van der Waals surface area contributed by atoms with Crippen LogP contribution in [0.3, 0.4) is 0 Å². The van der Waals surface area contributed by atoms with Crippen LogP contribution in [-0.4, -0.2) is 25.2 Å². The molecule has 28 heavy (non-hydrogen) atoms. The molecule has 1 atom stereocenters. The third kappa shape index (κ3) is 3.80. The summed E-state index contributed by atoms with van der Waals surface area (Å²) < 4.78 is 11.0. The molecule has 0 aromatic heterocycles. The summed E-state index contributed by atoms with van der Waals surface area (Å²) >= 11 is 5.33. The van der Waals surface area contributed by atoms with Crippen molar-refractivity contribution in [1.82, 2.24) is 10.6 Å². The summed E-state index contributed by atoms with van der Waals surface area (Å²) in [5, 5.41) is 9.67. The van der Waals surface area contributed by atoms with Crippen LogP contribution in [-0.2, 0) is 4.79 Å². The Hall–Kier alpha value is -3.06. The molecule has 1 amide bonds. The molecule has 0 radical (unpaired) electrons. The molecular weight excluding hydrogens is 374 g/mol. The van der Waals surface area contributed by atoms with Crippen molar-refractivity contribution in [3.8, 4) is 11.5 Å². The number of carbonyl (C=O) groups is 1. The summed E-state index contributed by atoms with van der Waals surface area (Å²) in [5.41, 5.74) is 3.72. The van der Waals surface area contributed by atoms with Crippen LogP contribution in [0.2, 0.25) is 0 Å². The minimum absolute atomic E-state index is 0.218. The van der Waals surface area contributed by atoms with Gasteiger partial charge < -0.3 is 25.4 Å². The lowest BCUT2D eigenvalue weighted by Gasteiger charge is -2.31. The van der Waals surface area contributed by atoms with Crippen LogP contribution in [0.5, 0.6) is 11.5 Å². The number of benzene rings is 2. The SMILES string of the molecule is COc1cccc([C@H]2NC(=S)NC(C)=C2C(=O)Nc2ccccc2C)c1OC. The Morgan fingerprint density at radius 2 is 1.82 bits per heavy atom. The number of nitrogens with one attached hydrogen (secondary N) is 3. The molecule has 3 rings (SSSR count). The van der Waals surface area contributed by atoms with Gasteiger partial charge >= 0.3 is 0 Å². The maximum absolute atomic E-state index is 13.2. The Morgan fingerprint density at radius 3 is 2.50 bits per heavy atom. The molecule has 0 unspecified atom stereocenters. The molecule has 2 aromatic rings. The zero-order valence-electron chi connectivity index (χ0n) is 16.3. The lowest BCUT2D eigenvalue weighted by Crippen LogP contribution is -2.45. The van der Waals surface area contributed by atoms with Crippen LogP contribution < -0.4 is 25.4 Å². The minimum Gasteiger partial charge on any atom is -0.493 e. The lowest BCUT2D eigenvalue weighted by molar-refractivity contribution is -0.113. The first-order valence-electron chi connectivity index (χ1n) is 8.82. The van der Waals surface area contributed by atoms with E-state index >= 15 is 0 Å². The van der Waals surface area contributed by atoms with Gasteiger partial charge in [0.15, 0.2) is 16.6 Å². The summed E-state index contributed by atoms with van der Waals surface area (Å²) in [7, 11) is 3.15. The van der Waals surface area contributed by atoms with Gasteiger partial charge in [-0.3, -0.25) is 4.79 Å². The fourth-order valence-corrected chi connectivity index (χ4v) is 3.54. The lowest BCUT2D eigenvalue weighted by atomic mass is 9.93. The van der Waals surface area contributed by atoms with Crippen molar-refractivity contribution in [3.63, 3.8) is 0 Å². The van der Waals surface area contributed by atoms with E-state index in [2.05, 4.69) is 16.0 Å². The van der Waals surface area contributed by atoms with Crippen molar-refractivity contribution in [2.75, 3.05) is 19.5 Å². The van der Waals surface area contributed by atoms with Crippen molar-refractivity contribution < 1.29 is 14.3 Å².